The highest BCUT2D eigenvalue weighted by molar-refractivity contribution is 5.68. The second-order valence-electron chi connectivity index (χ2n) is 3.54. The van der Waals surface area contributed by atoms with Crippen molar-refractivity contribution in [2.45, 2.75) is 31.7 Å². The first-order chi connectivity index (χ1) is 6.18. The summed E-state index contributed by atoms with van der Waals surface area (Å²) in [5, 5.41) is 12.0. The lowest BCUT2D eigenvalue weighted by Gasteiger charge is -2.36. The number of carboxylic acid groups (broad SMARTS) is 1. The molecule has 1 fully saturated rings. The molecule has 0 aromatic rings. The van der Waals surface area contributed by atoms with Crippen molar-refractivity contribution in [2.24, 2.45) is 0 Å². The summed E-state index contributed by atoms with van der Waals surface area (Å²) >= 11 is 0. The molecule has 1 aliphatic heterocycles. The summed E-state index contributed by atoms with van der Waals surface area (Å²) in [5.74, 6) is -0.758. The normalized spacial score (nSPS) is 28.7. The van der Waals surface area contributed by atoms with Crippen LogP contribution in [0.3, 0.4) is 0 Å². The van der Waals surface area contributed by atoms with Crippen molar-refractivity contribution in [3.63, 3.8) is 0 Å². The van der Waals surface area contributed by atoms with Crippen LogP contribution in [0.25, 0.3) is 0 Å². The first-order valence-electron chi connectivity index (χ1n) is 4.73. The molecule has 13 heavy (non-hydrogen) atoms. The molecule has 0 aromatic heterocycles. The van der Waals surface area contributed by atoms with Crippen LogP contribution in [0.5, 0.6) is 0 Å². The lowest BCUT2D eigenvalue weighted by Crippen LogP contribution is -2.52. The van der Waals surface area contributed by atoms with Crippen molar-refractivity contribution in [2.75, 3.05) is 19.8 Å². The highest BCUT2D eigenvalue weighted by atomic mass is 16.5. The topological polar surface area (TPSA) is 58.6 Å². The Morgan fingerprint density at radius 1 is 1.69 bits per heavy atom. The second-order valence-corrected chi connectivity index (χ2v) is 3.54. The fourth-order valence-corrected chi connectivity index (χ4v) is 1.86. The molecule has 0 saturated carbocycles. The van der Waals surface area contributed by atoms with Gasteiger partial charge in [-0.25, -0.2) is 0 Å². The van der Waals surface area contributed by atoms with Crippen LogP contribution < -0.4 is 5.32 Å². The van der Waals surface area contributed by atoms with Crippen LogP contribution in [0.2, 0.25) is 0 Å². The van der Waals surface area contributed by atoms with Gasteiger partial charge in [-0.3, -0.25) is 4.79 Å². The molecule has 1 aliphatic rings. The number of rotatable bonds is 4. The van der Waals surface area contributed by atoms with E-state index in [0.717, 1.165) is 26.0 Å². The summed E-state index contributed by atoms with van der Waals surface area (Å²) in [4.78, 5) is 10.7. The number of likely N-dealkylation sites (N-methyl/N-ethyl adjacent to an activating group) is 1. The maximum absolute atomic E-state index is 10.7. The van der Waals surface area contributed by atoms with Crippen molar-refractivity contribution < 1.29 is 14.6 Å². The van der Waals surface area contributed by atoms with Crippen LogP contribution in [0.1, 0.15) is 26.2 Å². The number of carboxylic acids is 1. The molecule has 0 aliphatic carbocycles. The average Bonchev–Trinajstić information content (AvgIpc) is 2.04. The molecular weight excluding hydrogens is 170 g/mol. The lowest BCUT2D eigenvalue weighted by atomic mass is 9.89. The molecule has 76 valence electrons. The first kappa shape index (κ1) is 10.5. The number of nitrogens with one attached hydrogen (secondary N) is 1. The zero-order valence-electron chi connectivity index (χ0n) is 8.01. The third-order valence-corrected chi connectivity index (χ3v) is 2.36. The van der Waals surface area contributed by atoms with Gasteiger partial charge < -0.3 is 15.2 Å². The Bertz CT molecular complexity index is 170. The van der Waals surface area contributed by atoms with Gasteiger partial charge in [-0.2, -0.15) is 0 Å². The Balaban J connectivity index is 2.55. The summed E-state index contributed by atoms with van der Waals surface area (Å²) in [6.07, 6.45) is 1.99. The molecule has 4 nitrogen and oxygen atoms in total. The largest absolute Gasteiger partial charge is 0.481 e. The first-order valence-corrected chi connectivity index (χ1v) is 4.73. The average molecular weight is 187 g/mol. The van der Waals surface area contributed by atoms with E-state index < -0.39 is 5.97 Å². The molecule has 0 spiro atoms. The van der Waals surface area contributed by atoms with E-state index in [2.05, 4.69) is 5.32 Å². The van der Waals surface area contributed by atoms with E-state index in [1.807, 2.05) is 6.92 Å². The molecule has 0 amide bonds. The number of carbonyl (C=O) groups is 1. The summed E-state index contributed by atoms with van der Waals surface area (Å²) in [6.45, 7) is 4.05. The molecule has 2 N–H and O–H groups in total. The monoisotopic (exact) mass is 187 g/mol. The van der Waals surface area contributed by atoms with Gasteiger partial charge in [-0.05, 0) is 19.4 Å². The lowest BCUT2D eigenvalue weighted by molar-refractivity contribution is -0.140. The predicted octanol–water partition coefficient (Wildman–Crippen LogP) is 0.620. The van der Waals surface area contributed by atoms with Crippen LogP contribution in [0, 0.1) is 0 Å². The number of aliphatic carboxylic acids is 1. The highest BCUT2D eigenvalue weighted by Crippen LogP contribution is 2.22. The van der Waals surface area contributed by atoms with Gasteiger partial charge in [-0.15, -0.1) is 0 Å². The van der Waals surface area contributed by atoms with Crippen molar-refractivity contribution >= 4 is 5.97 Å². The van der Waals surface area contributed by atoms with Crippen molar-refractivity contribution in [1.82, 2.24) is 5.32 Å². The summed E-state index contributed by atoms with van der Waals surface area (Å²) in [7, 11) is 0. The molecule has 0 radical (unpaired) electrons. The third-order valence-electron chi connectivity index (χ3n) is 2.36. The molecule has 1 saturated heterocycles. The predicted molar refractivity (Wildman–Crippen MR) is 48.7 cm³/mol. The third kappa shape index (κ3) is 2.97. The van der Waals surface area contributed by atoms with E-state index in [4.69, 9.17) is 9.84 Å². The van der Waals surface area contributed by atoms with Gasteiger partial charge in [-0.1, -0.05) is 6.92 Å². The van der Waals surface area contributed by atoms with E-state index >= 15 is 0 Å². The molecule has 1 unspecified atom stereocenters. The molecule has 4 heteroatoms. The van der Waals surface area contributed by atoms with Crippen LogP contribution in [-0.4, -0.2) is 36.4 Å². The minimum absolute atomic E-state index is 0.154. The maximum atomic E-state index is 10.7. The van der Waals surface area contributed by atoms with Crippen LogP contribution in [0.4, 0.5) is 0 Å². The van der Waals surface area contributed by atoms with E-state index in [1.165, 1.54) is 0 Å². The van der Waals surface area contributed by atoms with Crippen LogP contribution in [-0.2, 0) is 9.53 Å². The van der Waals surface area contributed by atoms with E-state index in [9.17, 15) is 4.79 Å². The zero-order valence-corrected chi connectivity index (χ0v) is 8.01. The fraction of sp³-hybridized carbons (Fsp3) is 0.889. The van der Waals surface area contributed by atoms with E-state index in [1.54, 1.807) is 0 Å². The van der Waals surface area contributed by atoms with Crippen molar-refractivity contribution in [1.29, 1.82) is 0 Å². The van der Waals surface area contributed by atoms with Crippen LogP contribution >= 0.6 is 0 Å². The van der Waals surface area contributed by atoms with Gasteiger partial charge in [0.25, 0.3) is 0 Å². The fourth-order valence-electron chi connectivity index (χ4n) is 1.86. The Labute approximate surface area is 78.3 Å². The Morgan fingerprint density at radius 3 is 2.92 bits per heavy atom. The Morgan fingerprint density at radius 2 is 2.46 bits per heavy atom. The molecule has 1 rings (SSSR count). The van der Waals surface area contributed by atoms with Gasteiger partial charge in [0.2, 0.25) is 0 Å². The summed E-state index contributed by atoms with van der Waals surface area (Å²) in [5.41, 5.74) is -0.321. The molecule has 1 heterocycles. The standard InChI is InChI=1S/C9H17NO3/c1-2-10-9(6-8(11)12)4-3-5-13-7-9/h10H,2-7H2,1H3,(H,11,12). The quantitative estimate of drug-likeness (QED) is 0.677. The SMILES string of the molecule is CCNC1(CC(=O)O)CCCOC1. The maximum Gasteiger partial charge on any atom is 0.305 e. The van der Waals surface area contributed by atoms with Gasteiger partial charge >= 0.3 is 5.97 Å². The molecule has 1 atom stereocenters. The van der Waals surface area contributed by atoms with E-state index in [0.29, 0.717) is 6.61 Å². The van der Waals surface area contributed by atoms with Crippen molar-refractivity contribution in [3.8, 4) is 0 Å². The Kier molecular flexibility index (Phi) is 3.69. The zero-order chi connectivity index (χ0) is 9.73. The summed E-state index contributed by atoms with van der Waals surface area (Å²) in [6, 6.07) is 0. The molecular formula is C9H17NO3. The molecule has 0 aromatic carbocycles. The molecule has 0 bridgehead atoms. The van der Waals surface area contributed by atoms with Gasteiger partial charge in [0, 0.05) is 6.61 Å². The number of hydrogen-bond donors (Lipinski definition) is 2. The summed E-state index contributed by atoms with van der Waals surface area (Å²) < 4.78 is 5.31. The van der Waals surface area contributed by atoms with Gasteiger partial charge in [0.1, 0.15) is 0 Å². The highest BCUT2D eigenvalue weighted by Gasteiger charge is 2.34. The van der Waals surface area contributed by atoms with Crippen LogP contribution in [0.15, 0.2) is 0 Å². The van der Waals surface area contributed by atoms with Crippen molar-refractivity contribution in [3.05, 3.63) is 0 Å². The smallest absolute Gasteiger partial charge is 0.305 e. The minimum atomic E-state index is -0.758. The van der Waals surface area contributed by atoms with E-state index in [-0.39, 0.29) is 12.0 Å². The number of hydrogen-bond acceptors (Lipinski definition) is 3. The van der Waals surface area contributed by atoms with Gasteiger partial charge in [0.15, 0.2) is 0 Å². The second kappa shape index (κ2) is 4.58. The number of ether oxygens (including phenoxy) is 1. The van der Waals surface area contributed by atoms with Gasteiger partial charge in [0.05, 0.1) is 18.6 Å². The minimum Gasteiger partial charge on any atom is -0.481 e. The Hall–Kier alpha value is -0.610.